The Morgan fingerprint density at radius 2 is 0.889 bits per heavy atom. The smallest absolute Gasteiger partial charge is 0.249 e. The van der Waals surface area contributed by atoms with E-state index in [4.69, 9.17) is 9.47 Å². The van der Waals surface area contributed by atoms with E-state index >= 15 is 0 Å². The van der Waals surface area contributed by atoms with Gasteiger partial charge in [0.05, 0.1) is 25.4 Å². The van der Waals surface area contributed by atoms with Gasteiger partial charge in [0, 0.05) is 0 Å². The van der Waals surface area contributed by atoms with E-state index in [1.807, 2.05) is 0 Å². The minimum atomic E-state index is -1.60. The Kier molecular flexibility index (Phi) is 41.3. The van der Waals surface area contributed by atoms with Gasteiger partial charge in [0.1, 0.15) is 30.5 Å². The number of carbonyl (C=O) groups excluding carboxylic acids is 1. The molecular weight excluding hydrogens is 795 g/mol. The minimum absolute atomic E-state index is 0.254. The first kappa shape index (κ1) is 59.9. The molecule has 0 radical (unpaired) electrons. The second-order valence-electron chi connectivity index (χ2n) is 19.2. The molecule has 1 fully saturated rings. The molecule has 1 aliphatic heterocycles. The Hall–Kier alpha value is -1.11. The zero-order chi connectivity index (χ0) is 46.0. The first-order chi connectivity index (χ1) is 30.8. The van der Waals surface area contributed by atoms with Crippen molar-refractivity contribution in [3.63, 3.8) is 0 Å². The fourth-order valence-electron chi connectivity index (χ4n) is 8.81. The summed E-state index contributed by atoms with van der Waals surface area (Å²) in [4.78, 5) is 13.1. The highest BCUT2D eigenvalue weighted by Crippen LogP contribution is 2.23. The summed E-state index contributed by atoms with van der Waals surface area (Å²) in [5.41, 5.74) is 0. The topological polar surface area (TPSA) is 169 Å². The van der Waals surface area contributed by atoms with Crippen LogP contribution < -0.4 is 5.32 Å². The van der Waals surface area contributed by atoms with Gasteiger partial charge in [-0.1, -0.05) is 231 Å². The first-order valence-electron chi connectivity index (χ1n) is 27.0. The lowest BCUT2D eigenvalue weighted by Crippen LogP contribution is -2.60. The van der Waals surface area contributed by atoms with E-state index < -0.39 is 61.5 Å². The molecule has 1 aliphatic rings. The second kappa shape index (κ2) is 43.5. The fourth-order valence-corrected chi connectivity index (χ4v) is 8.81. The lowest BCUT2D eigenvalue weighted by atomic mass is 9.99. The van der Waals surface area contributed by atoms with Gasteiger partial charge in [-0.3, -0.25) is 4.79 Å². The third kappa shape index (κ3) is 33.1. The molecular formula is C53H103NO9. The molecule has 63 heavy (non-hydrogen) atoms. The van der Waals surface area contributed by atoms with Gasteiger partial charge in [-0.25, -0.2) is 0 Å². The van der Waals surface area contributed by atoms with Gasteiger partial charge in [-0.2, -0.15) is 0 Å². The molecule has 8 unspecified atom stereocenters. The maximum absolute atomic E-state index is 13.1. The molecule has 8 atom stereocenters. The molecule has 0 aliphatic carbocycles. The van der Waals surface area contributed by atoms with Crippen LogP contribution in [0.25, 0.3) is 0 Å². The average Bonchev–Trinajstić information content (AvgIpc) is 3.28. The van der Waals surface area contributed by atoms with Gasteiger partial charge in [0.2, 0.25) is 5.91 Å². The Labute approximate surface area is 387 Å². The Bertz CT molecular complexity index is 1010. The van der Waals surface area contributed by atoms with Gasteiger partial charge in [0.25, 0.3) is 0 Å². The summed E-state index contributed by atoms with van der Waals surface area (Å²) < 4.78 is 11.2. The largest absolute Gasteiger partial charge is 0.394 e. The summed E-state index contributed by atoms with van der Waals surface area (Å²) in [6.07, 6.45) is 41.2. The van der Waals surface area contributed by atoms with Crippen molar-refractivity contribution in [2.24, 2.45) is 0 Å². The summed E-state index contributed by atoms with van der Waals surface area (Å²) in [5, 5.41) is 65.1. The number of carbonyl (C=O) groups is 1. The van der Waals surface area contributed by atoms with Crippen LogP contribution in [0.5, 0.6) is 0 Å². The molecule has 0 spiro atoms. The van der Waals surface area contributed by atoms with Crippen molar-refractivity contribution < 1.29 is 44.9 Å². The number of hydrogen-bond donors (Lipinski definition) is 7. The summed E-state index contributed by atoms with van der Waals surface area (Å²) in [7, 11) is 0. The van der Waals surface area contributed by atoms with Crippen LogP contribution in [-0.2, 0) is 14.3 Å². The summed E-state index contributed by atoms with van der Waals surface area (Å²) in [5.74, 6) is -0.584. The molecule has 0 aromatic carbocycles. The summed E-state index contributed by atoms with van der Waals surface area (Å²) in [6, 6.07) is -0.894. The van der Waals surface area contributed by atoms with Crippen molar-refractivity contribution in [2.45, 2.75) is 307 Å². The number of amides is 1. The van der Waals surface area contributed by atoms with Gasteiger partial charge in [-0.15, -0.1) is 0 Å². The predicted molar refractivity (Wildman–Crippen MR) is 260 cm³/mol. The highest BCUT2D eigenvalue weighted by atomic mass is 16.7. The van der Waals surface area contributed by atoms with Gasteiger partial charge >= 0.3 is 0 Å². The predicted octanol–water partition coefficient (Wildman–Crippen LogP) is 11.4. The molecule has 0 bridgehead atoms. The quantitative estimate of drug-likeness (QED) is 0.0232. The van der Waals surface area contributed by atoms with Crippen LogP contribution in [0.4, 0.5) is 0 Å². The molecule has 7 N–H and O–H groups in total. The van der Waals surface area contributed by atoms with E-state index in [1.54, 1.807) is 0 Å². The second-order valence-corrected chi connectivity index (χ2v) is 19.2. The highest BCUT2D eigenvalue weighted by Gasteiger charge is 2.44. The molecule has 1 rings (SSSR count). The number of ether oxygens (including phenoxy) is 2. The Balaban J connectivity index is 2.30. The lowest BCUT2D eigenvalue weighted by molar-refractivity contribution is -0.302. The SMILES string of the molecule is CCCCCCCCCCCCC/C=C\CCCCCCCCC(O)C(=O)NC(COC1OC(CO)C(O)C(O)C1O)C(O)CCCCCCCCCCCCCCCCCCC. The summed E-state index contributed by atoms with van der Waals surface area (Å²) in [6.45, 7) is 3.70. The van der Waals surface area contributed by atoms with Crippen molar-refractivity contribution in [1.82, 2.24) is 5.32 Å². The Morgan fingerprint density at radius 3 is 1.29 bits per heavy atom. The maximum atomic E-state index is 13.1. The lowest BCUT2D eigenvalue weighted by Gasteiger charge is -2.40. The number of rotatable bonds is 46. The zero-order valence-corrected chi connectivity index (χ0v) is 41.0. The van der Waals surface area contributed by atoms with Crippen molar-refractivity contribution in [2.75, 3.05) is 13.2 Å². The monoisotopic (exact) mass is 898 g/mol. The normalized spacial score (nSPS) is 20.7. The molecule has 1 heterocycles. The van der Waals surface area contributed by atoms with Crippen LogP contribution in [0.1, 0.15) is 258 Å². The third-order valence-corrected chi connectivity index (χ3v) is 13.2. The first-order valence-corrected chi connectivity index (χ1v) is 27.0. The molecule has 0 aromatic heterocycles. The van der Waals surface area contributed by atoms with Crippen molar-refractivity contribution in [3.8, 4) is 0 Å². The van der Waals surface area contributed by atoms with Crippen molar-refractivity contribution >= 4 is 5.91 Å². The summed E-state index contributed by atoms with van der Waals surface area (Å²) >= 11 is 0. The Morgan fingerprint density at radius 1 is 0.524 bits per heavy atom. The van der Waals surface area contributed by atoms with E-state index in [1.165, 1.54) is 173 Å². The van der Waals surface area contributed by atoms with E-state index in [2.05, 4.69) is 31.3 Å². The molecule has 1 amide bonds. The minimum Gasteiger partial charge on any atom is -0.394 e. The van der Waals surface area contributed by atoms with Gasteiger partial charge < -0.3 is 45.4 Å². The van der Waals surface area contributed by atoms with E-state index in [0.29, 0.717) is 12.8 Å². The number of hydrogen-bond acceptors (Lipinski definition) is 9. The van der Waals surface area contributed by atoms with Crippen LogP contribution in [-0.4, -0.2) is 98.7 Å². The van der Waals surface area contributed by atoms with Crippen LogP contribution >= 0.6 is 0 Å². The fraction of sp³-hybridized carbons (Fsp3) is 0.943. The molecule has 10 nitrogen and oxygen atoms in total. The standard InChI is InChI=1S/C53H103NO9/c1-3-5-7-9-11-13-15-17-19-21-22-23-24-26-28-30-32-34-36-38-40-42-47(57)52(61)54-45(44-62-53-51(60)50(59)49(58)48(43-55)63-53)46(56)41-39-37-35-33-31-29-27-25-20-18-16-14-12-10-8-6-4-2/h24,26,45-51,53,55-60H,3-23,25,27-44H2,1-2H3,(H,54,61)/b26-24-. The maximum Gasteiger partial charge on any atom is 0.249 e. The molecule has 10 heteroatoms. The van der Waals surface area contributed by atoms with Crippen LogP contribution in [0.3, 0.4) is 0 Å². The number of unbranched alkanes of at least 4 members (excludes halogenated alkanes) is 33. The van der Waals surface area contributed by atoms with E-state index in [-0.39, 0.29) is 6.61 Å². The molecule has 374 valence electrons. The van der Waals surface area contributed by atoms with Gasteiger partial charge in [0.15, 0.2) is 6.29 Å². The van der Waals surface area contributed by atoms with Gasteiger partial charge in [-0.05, 0) is 38.5 Å². The number of aliphatic hydroxyl groups is 6. The third-order valence-electron chi connectivity index (χ3n) is 13.2. The van der Waals surface area contributed by atoms with E-state index in [0.717, 1.165) is 57.8 Å². The van der Waals surface area contributed by atoms with Crippen molar-refractivity contribution in [1.29, 1.82) is 0 Å². The van der Waals surface area contributed by atoms with Crippen LogP contribution in [0.2, 0.25) is 0 Å². The molecule has 0 saturated carbocycles. The average molecular weight is 898 g/mol. The number of aliphatic hydroxyl groups excluding tert-OH is 6. The van der Waals surface area contributed by atoms with E-state index in [9.17, 15) is 35.4 Å². The highest BCUT2D eigenvalue weighted by molar-refractivity contribution is 5.80. The number of allylic oxidation sites excluding steroid dienone is 2. The van der Waals surface area contributed by atoms with Crippen LogP contribution in [0.15, 0.2) is 12.2 Å². The van der Waals surface area contributed by atoms with Crippen LogP contribution in [0, 0.1) is 0 Å². The molecule has 1 saturated heterocycles. The zero-order valence-electron chi connectivity index (χ0n) is 41.0. The molecule has 0 aromatic rings. The van der Waals surface area contributed by atoms with Crippen molar-refractivity contribution in [3.05, 3.63) is 12.2 Å². The number of nitrogens with one attached hydrogen (secondary N) is 1.